The van der Waals surface area contributed by atoms with Crippen LogP contribution in [0.2, 0.25) is 0 Å². The van der Waals surface area contributed by atoms with Gasteiger partial charge < -0.3 is 19.3 Å². The first-order valence-electron chi connectivity index (χ1n) is 13.2. The summed E-state index contributed by atoms with van der Waals surface area (Å²) in [7, 11) is 1.78. The molecule has 7 rings (SSSR count). The number of nitrogens with zero attached hydrogens (tertiary/aromatic N) is 2. The number of methoxy groups -OCH3 is 1. The van der Waals surface area contributed by atoms with Crippen molar-refractivity contribution < 1.29 is 9.47 Å². The maximum Gasteiger partial charge on any atom is 0.142 e. The van der Waals surface area contributed by atoms with Gasteiger partial charge in [0.15, 0.2) is 0 Å². The third kappa shape index (κ3) is 3.28. The van der Waals surface area contributed by atoms with Crippen LogP contribution in [0, 0.1) is 0 Å². The molecule has 2 heterocycles. The Morgan fingerprint density at radius 2 is 1.57 bits per heavy atom. The van der Waals surface area contributed by atoms with Gasteiger partial charge >= 0.3 is 0 Å². The largest absolute Gasteiger partial charge is 0.495 e. The summed E-state index contributed by atoms with van der Waals surface area (Å²) in [5.41, 5.74) is 9.00. The molecule has 0 unspecified atom stereocenters. The van der Waals surface area contributed by atoms with Crippen molar-refractivity contribution in [3.05, 3.63) is 89.5 Å². The zero-order valence-corrected chi connectivity index (χ0v) is 21.8. The van der Waals surface area contributed by atoms with E-state index in [2.05, 4.69) is 103 Å². The Labute approximate surface area is 218 Å². The standard InChI is InChI=1S/C33H32N2O2/c1-33(2)27-14-8-7-12-23(27)30-25-20-28(35-17-15-34(16-18-35)22-10-5-4-6-11-22)29(36-3)21-26(25)32-24(31(30)33)13-9-19-37-32/h4-14,20-21H,15-19H2,1-3H3. The Balaban J connectivity index is 1.40. The molecular formula is C33H32N2O2. The number of hydrogen-bond donors (Lipinski definition) is 0. The second-order valence-electron chi connectivity index (χ2n) is 10.8. The second kappa shape index (κ2) is 8.31. The molecule has 2 aliphatic heterocycles. The molecule has 0 amide bonds. The molecule has 1 fully saturated rings. The smallest absolute Gasteiger partial charge is 0.142 e. The number of fused-ring (bicyclic) bond motifs is 8. The lowest BCUT2D eigenvalue weighted by atomic mass is 9.78. The van der Waals surface area contributed by atoms with Gasteiger partial charge in [-0.15, -0.1) is 0 Å². The van der Waals surface area contributed by atoms with Gasteiger partial charge in [0.2, 0.25) is 0 Å². The maximum absolute atomic E-state index is 6.34. The van der Waals surface area contributed by atoms with E-state index in [0.717, 1.165) is 43.1 Å². The fourth-order valence-corrected chi connectivity index (χ4v) is 6.67. The van der Waals surface area contributed by atoms with Crippen molar-refractivity contribution in [2.45, 2.75) is 19.3 Å². The number of ether oxygens (including phenoxy) is 2. The van der Waals surface area contributed by atoms with Crippen molar-refractivity contribution in [2.24, 2.45) is 0 Å². The lowest BCUT2D eigenvalue weighted by Gasteiger charge is -2.38. The van der Waals surface area contributed by atoms with E-state index in [4.69, 9.17) is 9.47 Å². The number of anilines is 2. The topological polar surface area (TPSA) is 24.9 Å². The molecule has 186 valence electrons. The molecule has 4 aromatic rings. The second-order valence-corrected chi connectivity index (χ2v) is 10.8. The van der Waals surface area contributed by atoms with E-state index in [1.54, 1.807) is 7.11 Å². The highest BCUT2D eigenvalue weighted by molar-refractivity contribution is 6.10. The van der Waals surface area contributed by atoms with Crippen LogP contribution >= 0.6 is 0 Å². The van der Waals surface area contributed by atoms with E-state index < -0.39 is 0 Å². The SMILES string of the molecule is COc1cc2c3c(c4c(c2cc1N1CCN(c2ccccc2)CC1)-c1ccccc1C4(C)C)C=CCO3. The molecule has 0 bridgehead atoms. The van der Waals surface area contributed by atoms with Crippen molar-refractivity contribution in [3.8, 4) is 22.6 Å². The van der Waals surface area contributed by atoms with E-state index in [9.17, 15) is 0 Å². The van der Waals surface area contributed by atoms with Crippen LogP contribution < -0.4 is 19.3 Å². The summed E-state index contributed by atoms with van der Waals surface area (Å²) in [6.45, 7) is 9.16. The Morgan fingerprint density at radius 3 is 2.35 bits per heavy atom. The minimum absolute atomic E-state index is 0.101. The van der Waals surface area contributed by atoms with Crippen LogP contribution in [0.3, 0.4) is 0 Å². The van der Waals surface area contributed by atoms with Crippen LogP contribution in [0.5, 0.6) is 11.5 Å². The first kappa shape index (κ1) is 22.3. The molecule has 3 aliphatic rings. The minimum Gasteiger partial charge on any atom is -0.495 e. The third-order valence-corrected chi connectivity index (χ3v) is 8.44. The monoisotopic (exact) mass is 488 g/mol. The van der Waals surface area contributed by atoms with Gasteiger partial charge in [-0.3, -0.25) is 0 Å². The predicted molar refractivity (Wildman–Crippen MR) is 153 cm³/mol. The van der Waals surface area contributed by atoms with E-state index in [1.165, 1.54) is 44.6 Å². The lowest BCUT2D eigenvalue weighted by Crippen LogP contribution is -2.46. The zero-order chi connectivity index (χ0) is 25.1. The molecule has 0 N–H and O–H groups in total. The van der Waals surface area contributed by atoms with Crippen molar-refractivity contribution in [1.29, 1.82) is 0 Å². The van der Waals surface area contributed by atoms with Gasteiger partial charge in [-0.25, -0.2) is 0 Å². The van der Waals surface area contributed by atoms with Gasteiger partial charge in [0, 0.05) is 48.2 Å². The molecule has 0 saturated carbocycles. The molecule has 4 nitrogen and oxygen atoms in total. The first-order chi connectivity index (χ1) is 18.1. The lowest BCUT2D eigenvalue weighted by molar-refractivity contribution is 0.361. The molecule has 0 atom stereocenters. The Hall–Kier alpha value is -3.92. The molecular weight excluding hydrogens is 456 g/mol. The number of para-hydroxylation sites is 1. The quantitative estimate of drug-likeness (QED) is 0.314. The Bertz CT molecular complexity index is 1550. The fraction of sp³-hybridized carbons (Fsp3) is 0.273. The summed E-state index contributed by atoms with van der Waals surface area (Å²) in [4.78, 5) is 4.95. The van der Waals surface area contributed by atoms with Crippen LogP contribution in [0.25, 0.3) is 28.0 Å². The van der Waals surface area contributed by atoms with E-state index in [-0.39, 0.29) is 5.41 Å². The van der Waals surface area contributed by atoms with Gasteiger partial charge in [-0.05, 0) is 58.0 Å². The molecule has 0 aromatic heterocycles. The van der Waals surface area contributed by atoms with Gasteiger partial charge in [-0.1, -0.05) is 62.4 Å². The van der Waals surface area contributed by atoms with E-state index in [1.807, 2.05) is 0 Å². The third-order valence-electron chi connectivity index (χ3n) is 8.44. The number of piperazine rings is 1. The van der Waals surface area contributed by atoms with Gasteiger partial charge in [0.05, 0.1) is 12.8 Å². The van der Waals surface area contributed by atoms with Crippen molar-refractivity contribution in [2.75, 3.05) is 49.7 Å². The Morgan fingerprint density at radius 1 is 0.838 bits per heavy atom. The van der Waals surface area contributed by atoms with Crippen molar-refractivity contribution in [3.63, 3.8) is 0 Å². The molecule has 4 heteroatoms. The first-order valence-corrected chi connectivity index (χ1v) is 13.2. The minimum atomic E-state index is -0.101. The van der Waals surface area contributed by atoms with Crippen molar-refractivity contribution >= 4 is 28.2 Å². The summed E-state index contributed by atoms with van der Waals surface area (Å²) >= 11 is 0. The van der Waals surface area contributed by atoms with Crippen LogP contribution in [0.1, 0.15) is 30.5 Å². The van der Waals surface area contributed by atoms with Crippen molar-refractivity contribution in [1.82, 2.24) is 0 Å². The number of hydrogen-bond acceptors (Lipinski definition) is 4. The highest BCUT2D eigenvalue weighted by Gasteiger charge is 2.40. The normalized spacial score (nSPS) is 17.3. The summed E-state index contributed by atoms with van der Waals surface area (Å²) in [5.74, 6) is 1.89. The van der Waals surface area contributed by atoms with Gasteiger partial charge in [0.25, 0.3) is 0 Å². The number of benzene rings is 4. The molecule has 37 heavy (non-hydrogen) atoms. The van der Waals surface area contributed by atoms with Crippen LogP contribution in [0.15, 0.2) is 72.8 Å². The average molecular weight is 489 g/mol. The van der Waals surface area contributed by atoms with Crippen LogP contribution in [-0.2, 0) is 5.41 Å². The van der Waals surface area contributed by atoms with Gasteiger partial charge in [0.1, 0.15) is 18.1 Å². The highest BCUT2D eigenvalue weighted by atomic mass is 16.5. The zero-order valence-electron chi connectivity index (χ0n) is 21.8. The van der Waals surface area contributed by atoms with Crippen LogP contribution in [0.4, 0.5) is 11.4 Å². The van der Waals surface area contributed by atoms with Gasteiger partial charge in [-0.2, -0.15) is 0 Å². The molecule has 0 spiro atoms. The summed E-state index contributed by atoms with van der Waals surface area (Å²) in [6, 6.07) is 24.2. The van der Waals surface area contributed by atoms with E-state index >= 15 is 0 Å². The molecule has 4 aromatic carbocycles. The summed E-state index contributed by atoms with van der Waals surface area (Å²) in [6.07, 6.45) is 4.39. The summed E-state index contributed by atoms with van der Waals surface area (Å²) < 4.78 is 12.3. The molecule has 1 saturated heterocycles. The molecule has 1 aliphatic carbocycles. The Kier molecular flexibility index (Phi) is 5.00. The summed E-state index contributed by atoms with van der Waals surface area (Å²) in [5, 5.41) is 2.39. The number of rotatable bonds is 3. The maximum atomic E-state index is 6.34. The van der Waals surface area contributed by atoms with Crippen LogP contribution in [-0.4, -0.2) is 39.9 Å². The highest BCUT2D eigenvalue weighted by Crippen LogP contribution is 2.57. The predicted octanol–water partition coefficient (Wildman–Crippen LogP) is 6.89. The fourth-order valence-electron chi connectivity index (χ4n) is 6.67. The van der Waals surface area contributed by atoms with E-state index in [0.29, 0.717) is 6.61 Å². The molecule has 0 radical (unpaired) electrons. The average Bonchev–Trinajstić information content (AvgIpc) is 3.20.